The van der Waals surface area contributed by atoms with Crippen LogP contribution in [0.25, 0.3) is 0 Å². The average Bonchev–Trinajstić information content (AvgIpc) is 2.32. The Kier molecular flexibility index (Phi) is 5.03. The van der Waals surface area contributed by atoms with Gasteiger partial charge in [-0.25, -0.2) is 4.39 Å². The molecule has 2 aromatic rings. The van der Waals surface area contributed by atoms with Gasteiger partial charge in [0, 0.05) is 25.5 Å². The molecule has 0 spiro atoms. The zero-order valence-corrected chi connectivity index (χ0v) is 14.9. The first-order valence-electron chi connectivity index (χ1n) is 5.61. The van der Waals surface area contributed by atoms with Crippen LogP contribution in [0.5, 0.6) is 0 Å². The van der Waals surface area contributed by atoms with E-state index in [1.807, 2.05) is 25.1 Å². The van der Waals surface area contributed by atoms with Crippen LogP contribution in [0.4, 0.5) is 10.1 Å². The molecule has 0 amide bonds. The maximum absolute atomic E-state index is 13.7. The summed E-state index contributed by atoms with van der Waals surface area (Å²) in [5.41, 5.74) is 2.61. The van der Waals surface area contributed by atoms with Crippen LogP contribution in [0, 0.1) is 12.7 Å². The lowest BCUT2D eigenvalue weighted by Crippen LogP contribution is -2.03. The van der Waals surface area contributed by atoms with Gasteiger partial charge in [0.05, 0.1) is 5.69 Å². The SMILES string of the molecule is Cc1ccc(F)c(CNc2c(Br)cc(Br)cc2Br)c1. The molecule has 1 N–H and O–H groups in total. The second kappa shape index (κ2) is 6.37. The number of halogens is 4. The lowest BCUT2D eigenvalue weighted by atomic mass is 10.1. The summed E-state index contributed by atoms with van der Waals surface area (Å²) in [6.45, 7) is 2.39. The molecule has 0 aromatic heterocycles. The molecular formula is C14H11Br3FN. The molecule has 0 unspecified atom stereocenters. The van der Waals surface area contributed by atoms with Crippen molar-refractivity contribution in [1.29, 1.82) is 0 Å². The van der Waals surface area contributed by atoms with E-state index in [1.165, 1.54) is 6.07 Å². The maximum atomic E-state index is 13.7. The third-order valence-electron chi connectivity index (χ3n) is 2.66. The van der Waals surface area contributed by atoms with Crippen LogP contribution in [0.2, 0.25) is 0 Å². The average molecular weight is 452 g/mol. The minimum Gasteiger partial charge on any atom is -0.379 e. The van der Waals surface area contributed by atoms with Crippen LogP contribution in [-0.4, -0.2) is 0 Å². The van der Waals surface area contributed by atoms with E-state index in [1.54, 1.807) is 6.07 Å². The Hall–Kier alpha value is -0.390. The van der Waals surface area contributed by atoms with Crippen molar-refractivity contribution in [3.05, 3.63) is 60.7 Å². The normalized spacial score (nSPS) is 10.6. The van der Waals surface area contributed by atoms with Crippen LogP contribution >= 0.6 is 47.8 Å². The summed E-state index contributed by atoms with van der Waals surface area (Å²) in [5.74, 6) is -0.192. The molecule has 0 saturated heterocycles. The summed E-state index contributed by atoms with van der Waals surface area (Å²) in [7, 11) is 0. The highest BCUT2D eigenvalue weighted by molar-refractivity contribution is 9.11. The van der Waals surface area contributed by atoms with Crippen molar-refractivity contribution in [2.75, 3.05) is 5.32 Å². The summed E-state index contributed by atoms with van der Waals surface area (Å²) in [4.78, 5) is 0. The van der Waals surface area contributed by atoms with Gasteiger partial charge in [-0.2, -0.15) is 0 Å². The Labute approximate surface area is 137 Å². The van der Waals surface area contributed by atoms with Gasteiger partial charge in [0.1, 0.15) is 5.82 Å². The van der Waals surface area contributed by atoms with E-state index >= 15 is 0 Å². The molecule has 2 rings (SSSR count). The van der Waals surface area contributed by atoms with E-state index in [-0.39, 0.29) is 5.82 Å². The van der Waals surface area contributed by atoms with Gasteiger partial charge in [-0.1, -0.05) is 33.6 Å². The number of rotatable bonds is 3. The zero-order chi connectivity index (χ0) is 14.0. The highest BCUT2D eigenvalue weighted by Crippen LogP contribution is 2.34. The molecule has 0 aliphatic rings. The molecule has 2 aromatic carbocycles. The molecule has 0 saturated carbocycles. The van der Waals surface area contributed by atoms with Crippen LogP contribution < -0.4 is 5.32 Å². The Bertz CT molecular complexity index is 591. The molecular weight excluding hydrogens is 441 g/mol. The monoisotopic (exact) mass is 449 g/mol. The smallest absolute Gasteiger partial charge is 0.128 e. The molecule has 0 bridgehead atoms. The van der Waals surface area contributed by atoms with E-state index in [2.05, 4.69) is 53.1 Å². The van der Waals surface area contributed by atoms with Crippen LogP contribution in [0.1, 0.15) is 11.1 Å². The molecule has 0 aliphatic carbocycles. The number of benzene rings is 2. The summed E-state index contributed by atoms with van der Waals surface area (Å²) < 4.78 is 16.5. The highest BCUT2D eigenvalue weighted by atomic mass is 79.9. The van der Waals surface area contributed by atoms with Gasteiger partial charge >= 0.3 is 0 Å². The fourth-order valence-corrected chi connectivity index (χ4v) is 4.27. The highest BCUT2D eigenvalue weighted by Gasteiger charge is 2.08. The predicted molar refractivity (Wildman–Crippen MR) is 88.0 cm³/mol. The second-order valence-corrected chi connectivity index (χ2v) is 6.82. The van der Waals surface area contributed by atoms with Crippen molar-refractivity contribution in [1.82, 2.24) is 0 Å². The van der Waals surface area contributed by atoms with Gasteiger partial charge in [-0.3, -0.25) is 0 Å². The first-order chi connectivity index (χ1) is 8.97. The number of hydrogen-bond donors (Lipinski definition) is 1. The number of hydrogen-bond acceptors (Lipinski definition) is 1. The van der Waals surface area contributed by atoms with Gasteiger partial charge in [0.2, 0.25) is 0 Å². The largest absolute Gasteiger partial charge is 0.379 e. The van der Waals surface area contributed by atoms with E-state index in [0.717, 1.165) is 24.7 Å². The first-order valence-corrected chi connectivity index (χ1v) is 7.98. The van der Waals surface area contributed by atoms with Gasteiger partial charge in [0.25, 0.3) is 0 Å². The lowest BCUT2D eigenvalue weighted by Gasteiger charge is -2.12. The number of aryl methyl sites for hydroxylation is 1. The lowest BCUT2D eigenvalue weighted by molar-refractivity contribution is 0.612. The van der Waals surface area contributed by atoms with Crippen molar-refractivity contribution in [2.24, 2.45) is 0 Å². The predicted octanol–water partition coefficient (Wildman–Crippen LogP) is 6.03. The van der Waals surface area contributed by atoms with Gasteiger partial charge in [0.15, 0.2) is 0 Å². The van der Waals surface area contributed by atoms with E-state index in [0.29, 0.717) is 12.1 Å². The number of nitrogens with one attached hydrogen (secondary N) is 1. The second-order valence-electron chi connectivity index (χ2n) is 4.19. The van der Waals surface area contributed by atoms with Gasteiger partial charge in [-0.05, 0) is 57.0 Å². The molecule has 0 atom stereocenters. The molecule has 100 valence electrons. The van der Waals surface area contributed by atoms with Crippen LogP contribution in [0.3, 0.4) is 0 Å². The minimum atomic E-state index is -0.192. The zero-order valence-electron chi connectivity index (χ0n) is 10.1. The quantitative estimate of drug-likeness (QED) is 0.600. The Morgan fingerprint density at radius 3 is 2.32 bits per heavy atom. The summed E-state index contributed by atoms with van der Waals surface area (Å²) in [6.07, 6.45) is 0. The van der Waals surface area contributed by atoms with Crippen molar-refractivity contribution >= 4 is 53.5 Å². The summed E-state index contributed by atoms with van der Waals surface area (Å²) in [5, 5.41) is 3.24. The maximum Gasteiger partial charge on any atom is 0.128 e. The molecule has 19 heavy (non-hydrogen) atoms. The van der Waals surface area contributed by atoms with E-state index in [9.17, 15) is 4.39 Å². The topological polar surface area (TPSA) is 12.0 Å². The molecule has 0 fully saturated rings. The Balaban J connectivity index is 2.21. The standard InChI is InChI=1S/C14H11Br3FN/c1-8-2-3-13(18)9(4-8)7-19-14-11(16)5-10(15)6-12(14)17/h2-6,19H,7H2,1H3. The van der Waals surface area contributed by atoms with Gasteiger partial charge in [-0.15, -0.1) is 0 Å². The van der Waals surface area contributed by atoms with E-state index < -0.39 is 0 Å². The Morgan fingerprint density at radius 1 is 1.05 bits per heavy atom. The fraction of sp³-hybridized carbons (Fsp3) is 0.143. The molecule has 0 heterocycles. The van der Waals surface area contributed by atoms with Crippen LogP contribution in [-0.2, 0) is 6.54 Å². The molecule has 0 aliphatic heterocycles. The number of anilines is 1. The van der Waals surface area contributed by atoms with E-state index in [4.69, 9.17) is 0 Å². The third kappa shape index (κ3) is 3.80. The molecule has 5 heteroatoms. The molecule has 0 radical (unpaired) electrons. The third-order valence-corrected chi connectivity index (χ3v) is 4.37. The Morgan fingerprint density at radius 2 is 1.68 bits per heavy atom. The van der Waals surface area contributed by atoms with Gasteiger partial charge < -0.3 is 5.32 Å². The fourth-order valence-electron chi connectivity index (χ4n) is 1.73. The van der Waals surface area contributed by atoms with Crippen molar-refractivity contribution < 1.29 is 4.39 Å². The first kappa shape index (κ1) is 15.0. The van der Waals surface area contributed by atoms with Crippen molar-refractivity contribution in [3.63, 3.8) is 0 Å². The minimum absolute atomic E-state index is 0.192. The molecule has 1 nitrogen and oxygen atoms in total. The van der Waals surface area contributed by atoms with Crippen molar-refractivity contribution in [3.8, 4) is 0 Å². The van der Waals surface area contributed by atoms with Crippen LogP contribution in [0.15, 0.2) is 43.7 Å². The van der Waals surface area contributed by atoms with Crippen molar-refractivity contribution in [2.45, 2.75) is 13.5 Å². The summed E-state index contributed by atoms with van der Waals surface area (Å²) >= 11 is 10.4. The summed E-state index contributed by atoms with van der Waals surface area (Å²) in [6, 6.07) is 9.00.